The van der Waals surface area contributed by atoms with E-state index in [1.54, 1.807) is 40.1 Å². The summed E-state index contributed by atoms with van der Waals surface area (Å²) in [6, 6.07) is 12.1. The predicted octanol–water partition coefficient (Wildman–Crippen LogP) is 4.80. The summed E-state index contributed by atoms with van der Waals surface area (Å²) < 4.78 is 14.1. The number of hydrogen-bond donors (Lipinski definition) is 1. The number of nitrogens with zero attached hydrogens (tertiary/aromatic N) is 5. The molecule has 10 nitrogen and oxygen atoms in total. The van der Waals surface area contributed by atoms with Gasteiger partial charge < -0.3 is 9.47 Å². The molecule has 0 atom stereocenters. The molecule has 0 unspecified atom stereocenters. The smallest absolute Gasteiger partial charge is 0.305 e. The zero-order valence-corrected chi connectivity index (χ0v) is 23.8. The van der Waals surface area contributed by atoms with E-state index in [1.165, 1.54) is 7.11 Å². The van der Waals surface area contributed by atoms with Gasteiger partial charge in [0.25, 0.3) is 5.91 Å². The summed E-state index contributed by atoms with van der Waals surface area (Å²) in [5.74, 6) is -0.281. The Morgan fingerprint density at radius 3 is 2.59 bits per heavy atom. The van der Waals surface area contributed by atoms with Gasteiger partial charge in [-0.2, -0.15) is 5.10 Å². The highest BCUT2D eigenvalue weighted by Gasteiger charge is 2.16. The van der Waals surface area contributed by atoms with Gasteiger partial charge >= 0.3 is 5.97 Å². The van der Waals surface area contributed by atoms with Gasteiger partial charge in [0.2, 0.25) is 5.95 Å². The molecule has 0 radical (unpaired) electrons. The van der Waals surface area contributed by atoms with Crippen LogP contribution in [0.3, 0.4) is 0 Å². The summed E-state index contributed by atoms with van der Waals surface area (Å²) in [6.07, 6.45) is 9.37. The van der Waals surface area contributed by atoms with Crippen molar-refractivity contribution in [1.82, 2.24) is 24.3 Å². The van der Waals surface area contributed by atoms with Crippen LogP contribution in [0, 0.1) is 0 Å². The molecule has 0 fully saturated rings. The molecule has 3 heterocycles. The molecule has 1 N–H and O–H groups in total. The third kappa shape index (κ3) is 7.95. The van der Waals surface area contributed by atoms with Crippen molar-refractivity contribution < 1.29 is 19.1 Å². The van der Waals surface area contributed by atoms with Gasteiger partial charge in [0.1, 0.15) is 6.73 Å². The number of methoxy groups -OCH3 is 1. The SMILES string of the molecule is COC(=O)CCc1cn(-c2ccncc2)c(NC(=O)c2cccc(-c3cnn(COCC[Si](C)(C)C)c3)c2)n1. The molecule has 204 valence electrons. The van der Waals surface area contributed by atoms with Crippen molar-refractivity contribution >= 4 is 25.9 Å². The normalized spacial score (nSPS) is 11.4. The summed E-state index contributed by atoms with van der Waals surface area (Å²) in [4.78, 5) is 33.5. The fraction of sp³-hybridized carbons (Fsp3) is 0.321. The summed E-state index contributed by atoms with van der Waals surface area (Å²) in [6.45, 7) is 8.08. The van der Waals surface area contributed by atoms with E-state index in [4.69, 9.17) is 9.47 Å². The van der Waals surface area contributed by atoms with Gasteiger partial charge in [-0.05, 0) is 35.9 Å². The maximum absolute atomic E-state index is 13.3. The highest BCUT2D eigenvalue weighted by molar-refractivity contribution is 6.76. The van der Waals surface area contributed by atoms with Crippen molar-refractivity contribution in [2.75, 3.05) is 19.0 Å². The lowest BCUT2D eigenvalue weighted by Crippen LogP contribution is -2.22. The first-order chi connectivity index (χ1) is 18.7. The molecule has 4 rings (SSSR count). The number of amides is 1. The quantitative estimate of drug-likeness (QED) is 0.154. The Bertz CT molecular complexity index is 1410. The average molecular weight is 547 g/mol. The highest BCUT2D eigenvalue weighted by Crippen LogP contribution is 2.22. The number of carbonyl (C=O) groups is 2. The second kappa shape index (κ2) is 12.6. The van der Waals surface area contributed by atoms with Gasteiger partial charge in [0.05, 0.1) is 31.1 Å². The third-order valence-electron chi connectivity index (χ3n) is 6.05. The molecule has 0 aliphatic rings. The number of imidazole rings is 1. The maximum atomic E-state index is 13.3. The van der Waals surface area contributed by atoms with Crippen molar-refractivity contribution in [3.8, 4) is 16.8 Å². The monoisotopic (exact) mass is 546 g/mol. The van der Waals surface area contributed by atoms with E-state index in [0.717, 1.165) is 29.5 Å². The molecule has 4 aromatic rings. The second-order valence-corrected chi connectivity index (χ2v) is 16.0. The van der Waals surface area contributed by atoms with Gasteiger partial charge in [-0.25, -0.2) is 9.67 Å². The first-order valence-corrected chi connectivity index (χ1v) is 16.5. The standard InChI is InChI=1S/C28H34N6O4Si/c1-37-26(35)9-8-24-19-34(25-10-12-29-13-11-25)28(31-24)32-27(36)22-7-5-6-21(16-22)23-17-30-33(18-23)20-38-14-15-39(2,3)4/h5-7,10-13,16-19H,8-9,14-15,20H2,1-4H3,(H,31,32,36). The summed E-state index contributed by atoms with van der Waals surface area (Å²) in [7, 11) is 0.213. The number of rotatable bonds is 12. The van der Waals surface area contributed by atoms with E-state index < -0.39 is 8.07 Å². The van der Waals surface area contributed by atoms with Crippen LogP contribution in [0.15, 0.2) is 67.4 Å². The van der Waals surface area contributed by atoms with Crippen molar-refractivity contribution in [3.63, 3.8) is 0 Å². The minimum atomic E-state index is -1.14. The van der Waals surface area contributed by atoms with Crippen molar-refractivity contribution in [3.05, 3.63) is 78.6 Å². The van der Waals surface area contributed by atoms with Crippen LogP contribution in [-0.4, -0.2) is 58.0 Å². The Morgan fingerprint density at radius 2 is 1.85 bits per heavy atom. The van der Waals surface area contributed by atoms with E-state index in [0.29, 0.717) is 30.4 Å². The van der Waals surface area contributed by atoms with Crippen LogP contribution in [0.2, 0.25) is 25.7 Å². The van der Waals surface area contributed by atoms with Gasteiger partial charge in [-0.1, -0.05) is 31.8 Å². The van der Waals surface area contributed by atoms with E-state index in [2.05, 4.69) is 40.0 Å². The van der Waals surface area contributed by atoms with Crippen LogP contribution in [0.1, 0.15) is 22.5 Å². The van der Waals surface area contributed by atoms with Gasteiger partial charge in [-0.3, -0.25) is 24.5 Å². The first kappa shape index (κ1) is 27.9. The largest absolute Gasteiger partial charge is 0.469 e. The summed E-state index contributed by atoms with van der Waals surface area (Å²) in [5.41, 5.74) is 3.67. The van der Waals surface area contributed by atoms with Gasteiger partial charge in [0, 0.05) is 57.0 Å². The Balaban J connectivity index is 1.47. The van der Waals surface area contributed by atoms with Crippen molar-refractivity contribution in [1.29, 1.82) is 0 Å². The number of benzene rings is 1. The van der Waals surface area contributed by atoms with Crippen LogP contribution in [0.25, 0.3) is 16.8 Å². The molecule has 1 amide bonds. The maximum Gasteiger partial charge on any atom is 0.305 e. The Morgan fingerprint density at radius 1 is 1.05 bits per heavy atom. The topological polar surface area (TPSA) is 113 Å². The number of carbonyl (C=O) groups excluding carboxylic acids is 2. The minimum Gasteiger partial charge on any atom is -0.469 e. The molecule has 1 aromatic carbocycles. The molecule has 11 heteroatoms. The molecule has 0 spiro atoms. The molecule has 39 heavy (non-hydrogen) atoms. The number of aromatic nitrogens is 5. The molecule has 0 aliphatic carbocycles. The number of aryl methyl sites for hydroxylation is 1. The van der Waals surface area contributed by atoms with E-state index in [-0.39, 0.29) is 18.3 Å². The molecule has 0 bridgehead atoms. The summed E-state index contributed by atoms with van der Waals surface area (Å²) >= 11 is 0. The Labute approximate surface area is 229 Å². The molecule has 0 aliphatic heterocycles. The molecule has 0 saturated heterocycles. The van der Waals surface area contributed by atoms with Crippen LogP contribution in [-0.2, 0) is 27.4 Å². The Kier molecular flexibility index (Phi) is 9.05. The van der Waals surface area contributed by atoms with Crippen LogP contribution >= 0.6 is 0 Å². The number of nitrogens with one attached hydrogen (secondary N) is 1. The number of esters is 1. The third-order valence-corrected chi connectivity index (χ3v) is 7.75. The van der Waals surface area contributed by atoms with Crippen LogP contribution in [0.4, 0.5) is 5.95 Å². The van der Waals surface area contributed by atoms with Crippen LogP contribution in [0.5, 0.6) is 0 Å². The van der Waals surface area contributed by atoms with Gasteiger partial charge in [0.15, 0.2) is 0 Å². The fourth-order valence-corrected chi connectivity index (χ4v) is 4.56. The minimum absolute atomic E-state index is 0.191. The van der Waals surface area contributed by atoms with E-state index in [9.17, 15) is 9.59 Å². The van der Waals surface area contributed by atoms with E-state index in [1.807, 2.05) is 36.5 Å². The number of hydrogen-bond acceptors (Lipinski definition) is 7. The lowest BCUT2D eigenvalue weighted by molar-refractivity contribution is -0.140. The molecule has 3 aromatic heterocycles. The Hall–Kier alpha value is -4.09. The number of anilines is 1. The highest BCUT2D eigenvalue weighted by atomic mass is 28.3. The van der Waals surface area contributed by atoms with Crippen molar-refractivity contribution in [2.24, 2.45) is 0 Å². The second-order valence-electron chi connectivity index (χ2n) is 10.4. The zero-order valence-electron chi connectivity index (χ0n) is 22.8. The predicted molar refractivity (Wildman–Crippen MR) is 151 cm³/mol. The summed E-state index contributed by atoms with van der Waals surface area (Å²) in [5, 5.41) is 7.32. The molecule has 0 saturated carbocycles. The number of pyridine rings is 1. The molecular formula is C28H34N6O4Si. The van der Waals surface area contributed by atoms with Crippen LogP contribution < -0.4 is 5.32 Å². The lowest BCUT2D eigenvalue weighted by atomic mass is 10.1. The fourth-order valence-electron chi connectivity index (χ4n) is 3.80. The van der Waals surface area contributed by atoms with Gasteiger partial charge in [-0.15, -0.1) is 0 Å². The zero-order chi connectivity index (χ0) is 27.8. The number of ether oxygens (including phenoxy) is 2. The van der Waals surface area contributed by atoms with Crippen molar-refractivity contribution in [2.45, 2.75) is 45.3 Å². The average Bonchev–Trinajstić information content (AvgIpc) is 3.57. The van der Waals surface area contributed by atoms with E-state index >= 15 is 0 Å². The molecular weight excluding hydrogens is 512 g/mol. The lowest BCUT2D eigenvalue weighted by Gasteiger charge is -2.15. The first-order valence-electron chi connectivity index (χ1n) is 12.8.